The van der Waals surface area contributed by atoms with Crippen molar-refractivity contribution in [3.63, 3.8) is 0 Å². The molecule has 0 fully saturated rings. The third kappa shape index (κ3) is 2.75. The maximum Gasteiger partial charge on any atom is 0.326 e. The molecule has 0 aromatic heterocycles. The second-order valence-electron chi connectivity index (χ2n) is 2.53. The number of hydrogen-bond donors (Lipinski definition) is 1. The molecule has 0 radical (unpaired) electrons. The van der Waals surface area contributed by atoms with E-state index in [1.807, 2.05) is 0 Å². The molecule has 1 aromatic rings. The molecule has 1 N–H and O–H groups in total. The molecule has 0 aliphatic rings. The number of benzene rings is 1. The molecule has 0 unspecified atom stereocenters. The van der Waals surface area contributed by atoms with Crippen molar-refractivity contribution in [3.8, 4) is 11.8 Å². The van der Waals surface area contributed by atoms with Crippen LogP contribution < -0.4 is 10.1 Å². The molecular weight excluding hydrogens is 239 g/mol. The number of methoxy groups -OCH3 is 1. The lowest BCUT2D eigenvalue weighted by molar-refractivity contribution is -0.111. The predicted molar refractivity (Wildman–Crippen MR) is 57.3 cm³/mol. The summed E-state index contributed by atoms with van der Waals surface area (Å²) in [7, 11) is 1.40. The van der Waals surface area contributed by atoms with Crippen molar-refractivity contribution in [1.82, 2.24) is 0 Å². The lowest BCUT2D eigenvalue weighted by atomic mass is 10.3. The Balaban J connectivity index is 3.16. The van der Waals surface area contributed by atoms with E-state index < -0.39 is 5.91 Å². The molecule has 1 rings (SSSR count). The van der Waals surface area contributed by atoms with Crippen LogP contribution >= 0.6 is 23.2 Å². The molecule has 0 saturated heterocycles. The Hall–Kier alpha value is -1.44. The van der Waals surface area contributed by atoms with Crippen molar-refractivity contribution in [2.75, 3.05) is 12.4 Å². The first-order valence-corrected chi connectivity index (χ1v) is 4.58. The lowest BCUT2D eigenvalue weighted by Crippen LogP contribution is -2.09. The first-order valence-electron chi connectivity index (χ1n) is 3.82. The van der Waals surface area contributed by atoms with Gasteiger partial charge in [0.2, 0.25) is 0 Å². The van der Waals surface area contributed by atoms with Gasteiger partial charge in [0.25, 0.3) is 0 Å². The first-order chi connectivity index (χ1) is 7.08. The van der Waals surface area contributed by atoms with Gasteiger partial charge in [-0.1, -0.05) is 23.2 Å². The van der Waals surface area contributed by atoms with Gasteiger partial charge in [0.05, 0.1) is 17.8 Å². The highest BCUT2D eigenvalue weighted by atomic mass is 35.5. The SMILES string of the molecule is COc1c(Cl)cc(Cl)cc1NC(=O)C#N. The van der Waals surface area contributed by atoms with Crippen LogP contribution in [0.3, 0.4) is 0 Å². The smallest absolute Gasteiger partial charge is 0.326 e. The van der Waals surface area contributed by atoms with Crippen molar-refractivity contribution < 1.29 is 9.53 Å². The molecule has 0 atom stereocenters. The number of nitrogens with zero attached hydrogens (tertiary/aromatic N) is 1. The molecule has 0 saturated carbocycles. The number of amides is 1. The van der Waals surface area contributed by atoms with Crippen molar-refractivity contribution in [2.45, 2.75) is 0 Å². The van der Waals surface area contributed by atoms with E-state index in [9.17, 15) is 4.79 Å². The van der Waals surface area contributed by atoms with Gasteiger partial charge in [0.15, 0.2) is 11.8 Å². The number of rotatable bonds is 2. The summed E-state index contributed by atoms with van der Waals surface area (Å²) in [5, 5.41) is 11.2. The van der Waals surface area contributed by atoms with E-state index in [0.717, 1.165) is 0 Å². The molecule has 1 amide bonds. The van der Waals surface area contributed by atoms with Gasteiger partial charge >= 0.3 is 5.91 Å². The highest BCUT2D eigenvalue weighted by Gasteiger charge is 2.11. The minimum atomic E-state index is -0.813. The van der Waals surface area contributed by atoms with Gasteiger partial charge in [0, 0.05) is 5.02 Å². The van der Waals surface area contributed by atoms with E-state index in [2.05, 4.69) is 5.32 Å². The molecule has 0 aliphatic heterocycles. The molecular formula is C9H6Cl2N2O2. The van der Waals surface area contributed by atoms with Crippen LogP contribution in [0.25, 0.3) is 0 Å². The Morgan fingerprint density at radius 2 is 2.20 bits per heavy atom. The summed E-state index contributed by atoms with van der Waals surface area (Å²) in [4.78, 5) is 10.9. The fraction of sp³-hybridized carbons (Fsp3) is 0.111. The summed E-state index contributed by atoms with van der Waals surface area (Å²) in [5.74, 6) is -0.545. The summed E-state index contributed by atoms with van der Waals surface area (Å²) in [5.41, 5.74) is 0.265. The van der Waals surface area contributed by atoms with E-state index in [-0.39, 0.29) is 16.5 Å². The molecule has 0 spiro atoms. The third-order valence-electron chi connectivity index (χ3n) is 1.56. The average Bonchev–Trinajstić information content (AvgIpc) is 2.17. The lowest BCUT2D eigenvalue weighted by Gasteiger charge is -2.10. The van der Waals surface area contributed by atoms with Crippen LogP contribution in [-0.2, 0) is 4.79 Å². The monoisotopic (exact) mass is 244 g/mol. The maximum atomic E-state index is 10.9. The van der Waals surface area contributed by atoms with Crippen LogP contribution in [0, 0.1) is 11.3 Å². The molecule has 0 aliphatic carbocycles. The summed E-state index contributed by atoms with van der Waals surface area (Å²) >= 11 is 11.5. The molecule has 15 heavy (non-hydrogen) atoms. The zero-order valence-corrected chi connectivity index (χ0v) is 9.19. The normalized spacial score (nSPS) is 9.20. The second-order valence-corrected chi connectivity index (χ2v) is 3.38. The van der Waals surface area contributed by atoms with Crippen LogP contribution in [0.2, 0.25) is 10.0 Å². The highest BCUT2D eigenvalue weighted by molar-refractivity contribution is 6.36. The number of ether oxygens (including phenoxy) is 1. The topological polar surface area (TPSA) is 62.1 Å². The fourth-order valence-corrected chi connectivity index (χ4v) is 1.58. The van der Waals surface area contributed by atoms with Crippen LogP contribution in [0.5, 0.6) is 5.75 Å². The number of hydrogen-bond acceptors (Lipinski definition) is 3. The van der Waals surface area contributed by atoms with Crippen LogP contribution in [0.4, 0.5) is 5.69 Å². The van der Waals surface area contributed by atoms with E-state index in [1.165, 1.54) is 25.3 Å². The average molecular weight is 245 g/mol. The predicted octanol–water partition coefficient (Wildman–Crippen LogP) is 2.46. The number of nitrogens with one attached hydrogen (secondary N) is 1. The fourth-order valence-electron chi connectivity index (χ4n) is 1.01. The van der Waals surface area contributed by atoms with E-state index >= 15 is 0 Å². The molecule has 6 heteroatoms. The van der Waals surface area contributed by atoms with Gasteiger partial charge in [0.1, 0.15) is 0 Å². The van der Waals surface area contributed by atoms with E-state index in [4.69, 9.17) is 33.2 Å². The largest absolute Gasteiger partial charge is 0.493 e. The minimum absolute atomic E-state index is 0.262. The Bertz CT molecular complexity index is 440. The van der Waals surface area contributed by atoms with Crippen molar-refractivity contribution in [2.24, 2.45) is 0 Å². The van der Waals surface area contributed by atoms with Crippen molar-refractivity contribution in [3.05, 3.63) is 22.2 Å². The standard InChI is InChI=1S/C9H6Cl2N2O2/c1-15-9-6(11)2-5(10)3-7(9)13-8(14)4-12/h2-3H,1H3,(H,13,14). The van der Waals surface area contributed by atoms with Crippen LogP contribution in [0.15, 0.2) is 12.1 Å². The zero-order chi connectivity index (χ0) is 11.4. The number of nitriles is 1. The van der Waals surface area contributed by atoms with Gasteiger partial charge in [-0.3, -0.25) is 4.79 Å². The summed E-state index contributed by atoms with van der Waals surface area (Å²) < 4.78 is 4.96. The van der Waals surface area contributed by atoms with Crippen LogP contribution in [-0.4, -0.2) is 13.0 Å². The van der Waals surface area contributed by atoms with Gasteiger partial charge in [-0.15, -0.1) is 0 Å². The Kier molecular flexibility index (Phi) is 3.78. The molecule has 4 nitrogen and oxygen atoms in total. The minimum Gasteiger partial charge on any atom is -0.493 e. The summed E-state index contributed by atoms with van der Waals surface area (Å²) in [6.07, 6.45) is 0. The molecule has 1 aromatic carbocycles. The van der Waals surface area contributed by atoms with Gasteiger partial charge < -0.3 is 10.1 Å². The second kappa shape index (κ2) is 4.87. The summed E-state index contributed by atoms with van der Waals surface area (Å²) in [6.45, 7) is 0. The van der Waals surface area contributed by atoms with Gasteiger partial charge in [-0.2, -0.15) is 5.26 Å². The quantitative estimate of drug-likeness (QED) is 0.814. The first kappa shape index (κ1) is 11.6. The molecule has 0 bridgehead atoms. The number of carbonyl (C=O) groups excluding carboxylic acids is 1. The van der Waals surface area contributed by atoms with Gasteiger partial charge in [-0.25, -0.2) is 0 Å². The van der Waals surface area contributed by atoms with Crippen molar-refractivity contribution >= 4 is 34.8 Å². The summed E-state index contributed by atoms with van der Waals surface area (Å²) in [6, 6.07) is 4.33. The van der Waals surface area contributed by atoms with Crippen LogP contribution in [0.1, 0.15) is 0 Å². The zero-order valence-electron chi connectivity index (χ0n) is 7.67. The Labute approximate surface area is 96.4 Å². The third-order valence-corrected chi connectivity index (χ3v) is 2.06. The maximum absolute atomic E-state index is 10.9. The molecule has 78 valence electrons. The highest BCUT2D eigenvalue weighted by Crippen LogP contribution is 2.35. The van der Waals surface area contributed by atoms with E-state index in [1.54, 1.807) is 0 Å². The molecule has 0 heterocycles. The number of halogens is 2. The number of carbonyl (C=O) groups is 1. The van der Waals surface area contributed by atoms with Gasteiger partial charge in [-0.05, 0) is 12.1 Å². The Morgan fingerprint density at radius 1 is 1.53 bits per heavy atom. The number of anilines is 1. The Morgan fingerprint density at radius 3 is 2.73 bits per heavy atom. The van der Waals surface area contributed by atoms with Crippen molar-refractivity contribution in [1.29, 1.82) is 5.26 Å². The van der Waals surface area contributed by atoms with E-state index in [0.29, 0.717) is 5.02 Å².